The maximum absolute atomic E-state index is 13.3. The highest BCUT2D eigenvalue weighted by Crippen LogP contribution is 2.38. The zero-order valence-corrected chi connectivity index (χ0v) is 12.8. The van der Waals surface area contributed by atoms with Crippen molar-refractivity contribution < 1.29 is 13.2 Å². The second-order valence-electron chi connectivity index (χ2n) is 6.64. The van der Waals surface area contributed by atoms with E-state index in [1.54, 1.807) is 0 Å². The Labute approximate surface area is 129 Å². The van der Waals surface area contributed by atoms with E-state index in [4.69, 9.17) is 0 Å². The van der Waals surface area contributed by atoms with Crippen molar-refractivity contribution >= 4 is 5.57 Å². The number of rotatable bonds is 2. The molecule has 1 fully saturated rings. The molecule has 2 aliphatic carbocycles. The molecule has 0 amide bonds. The van der Waals surface area contributed by atoms with Crippen molar-refractivity contribution in [2.75, 3.05) is 0 Å². The van der Waals surface area contributed by atoms with Gasteiger partial charge in [-0.1, -0.05) is 37.5 Å². The quantitative estimate of drug-likeness (QED) is 0.585. The molecule has 0 atom stereocenters. The Balaban J connectivity index is 1.78. The molecular weight excluding hydrogens is 285 g/mol. The third-order valence-electron chi connectivity index (χ3n) is 5.08. The summed E-state index contributed by atoms with van der Waals surface area (Å²) in [5, 5.41) is 0. The smallest absolute Gasteiger partial charge is 0.194 e. The molecule has 1 saturated carbocycles. The van der Waals surface area contributed by atoms with Crippen LogP contribution in [-0.2, 0) is 0 Å². The summed E-state index contributed by atoms with van der Waals surface area (Å²) < 4.78 is 39.7. The monoisotopic (exact) mass is 306 g/mol. The van der Waals surface area contributed by atoms with Crippen LogP contribution in [0.15, 0.2) is 29.9 Å². The topological polar surface area (TPSA) is 0 Å². The van der Waals surface area contributed by atoms with Gasteiger partial charge in [-0.2, -0.15) is 0 Å². The van der Waals surface area contributed by atoms with Crippen LogP contribution in [0.1, 0.15) is 51.0 Å². The second kappa shape index (κ2) is 6.31. The van der Waals surface area contributed by atoms with Gasteiger partial charge >= 0.3 is 0 Å². The number of hydrogen-bond donors (Lipinski definition) is 0. The van der Waals surface area contributed by atoms with E-state index in [2.05, 4.69) is 13.0 Å². The van der Waals surface area contributed by atoms with E-state index >= 15 is 0 Å². The minimum atomic E-state index is -1.40. The molecule has 0 saturated heterocycles. The second-order valence-corrected chi connectivity index (χ2v) is 6.64. The summed E-state index contributed by atoms with van der Waals surface area (Å²) in [6, 6.07) is 2.18. The molecule has 0 aliphatic heterocycles. The third-order valence-corrected chi connectivity index (χ3v) is 5.08. The molecule has 0 nitrogen and oxygen atoms in total. The van der Waals surface area contributed by atoms with Crippen LogP contribution in [0, 0.1) is 29.3 Å². The summed E-state index contributed by atoms with van der Waals surface area (Å²) in [5.41, 5.74) is 2.79. The predicted molar refractivity (Wildman–Crippen MR) is 82.7 cm³/mol. The molecule has 0 unspecified atom stereocenters. The van der Waals surface area contributed by atoms with Crippen molar-refractivity contribution in [3.63, 3.8) is 0 Å². The standard InChI is InChI=1S/C19H21F3/c1-12-2-4-13(5-3-12)14-6-8-15(9-7-14)16-10-17(20)19(22)18(21)11-16/h6,8,10-13H,2-5,7,9H2,1H3. The Bertz CT molecular complexity index is 597. The van der Waals surface area contributed by atoms with Crippen LogP contribution >= 0.6 is 0 Å². The van der Waals surface area contributed by atoms with E-state index in [0.717, 1.165) is 36.5 Å². The number of hydrogen-bond acceptors (Lipinski definition) is 0. The minimum absolute atomic E-state index is 0.448. The van der Waals surface area contributed by atoms with Gasteiger partial charge in [0, 0.05) is 0 Å². The van der Waals surface area contributed by atoms with E-state index in [1.807, 2.05) is 6.08 Å². The van der Waals surface area contributed by atoms with Gasteiger partial charge in [-0.25, -0.2) is 13.2 Å². The first-order chi connectivity index (χ1) is 10.5. The fourth-order valence-electron chi connectivity index (χ4n) is 3.61. The molecular formula is C19H21F3. The van der Waals surface area contributed by atoms with E-state index in [-0.39, 0.29) is 0 Å². The van der Waals surface area contributed by atoms with Crippen molar-refractivity contribution in [3.8, 4) is 0 Å². The van der Waals surface area contributed by atoms with Crippen LogP contribution in [0.3, 0.4) is 0 Å². The minimum Gasteiger partial charge on any atom is -0.204 e. The van der Waals surface area contributed by atoms with Gasteiger partial charge in [0.25, 0.3) is 0 Å². The van der Waals surface area contributed by atoms with Crippen molar-refractivity contribution in [3.05, 3.63) is 52.9 Å². The SMILES string of the molecule is CC1CCC(C2=CC=C(c3cc(F)c(F)c(F)c3)CC2)CC1. The number of halogens is 3. The van der Waals surface area contributed by atoms with E-state index in [9.17, 15) is 13.2 Å². The van der Waals surface area contributed by atoms with Gasteiger partial charge in [-0.15, -0.1) is 0 Å². The Morgan fingerprint density at radius 3 is 2.05 bits per heavy atom. The molecule has 22 heavy (non-hydrogen) atoms. The molecule has 0 aromatic heterocycles. The van der Waals surface area contributed by atoms with Crippen LogP contribution in [0.5, 0.6) is 0 Å². The molecule has 3 heteroatoms. The van der Waals surface area contributed by atoms with E-state index in [1.165, 1.54) is 31.3 Å². The summed E-state index contributed by atoms with van der Waals surface area (Å²) in [5.74, 6) is -2.14. The van der Waals surface area contributed by atoms with Gasteiger partial charge in [-0.3, -0.25) is 0 Å². The lowest BCUT2D eigenvalue weighted by Gasteiger charge is -2.29. The summed E-state index contributed by atoms with van der Waals surface area (Å²) in [6.45, 7) is 2.31. The highest BCUT2D eigenvalue weighted by Gasteiger charge is 2.23. The normalized spacial score (nSPS) is 25.6. The van der Waals surface area contributed by atoms with E-state index < -0.39 is 17.5 Å². The van der Waals surface area contributed by atoms with Crippen molar-refractivity contribution in [1.82, 2.24) is 0 Å². The molecule has 0 N–H and O–H groups in total. The molecule has 1 aromatic rings. The lowest BCUT2D eigenvalue weighted by Crippen LogP contribution is -2.15. The first-order valence-electron chi connectivity index (χ1n) is 8.09. The summed E-state index contributed by atoms with van der Waals surface area (Å²) in [7, 11) is 0. The molecule has 0 bridgehead atoms. The Morgan fingerprint density at radius 2 is 1.50 bits per heavy atom. The maximum atomic E-state index is 13.3. The van der Waals surface area contributed by atoms with Crippen LogP contribution in [0.25, 0.3) is 5.57 Å². The van der Waals surface area contributed by atoms with Crippen molar-refractivity contribution in [2.45, 2.75) is 45.4 Å². The van der Waals surface area contributed by atoms with Crippen LogP contribution in [0.4, 0.5) is 13.2 Å². The Kier molecular flexibility index (Phi) is 4.42. The summed E-state index contributed by atoms with van der Waals surface area (Å²) in [4.78, 5) is 0. The van der Waals surface area contributed by atoms with Gasteiger partial charge in [0.2, 0.25) is 0 Å². The Hall–Kier alpha value is -1.51. The van der Waals surface area contributed by atoms with Gasteiger partial charge in [-0.05, 0) is 60.8 Å². The lowest BCUT2D eigenvalue weighted by atomic mass is 9.76. The number of benzene rings is 1. The summed E-state index contributed by atoms with van der Waals surface area (Å²) in [6.07, 6.45) is 10.8. The molecule has 118 valence electrons. The van der Waals surface area contributed by atoms with Crippen LogP contribution < -0.4 is 0 Å². The third kappa shape index (κ3) is 3.13. The lowest BCUT2D eigenvalue weighted by molar-refractivity contribution is 0.316. The largest absolute Gasteiger partial charge is 0.204 e. The molecule has 0 radical (unpaired) electrons. The molecule has 3 rings (SSSR count). The molecule has 0 heterocycles. The zero-order valence-electron chi connectivity index (χ0n) is 12.8. The average Bonchev–Trinajstić information content (AvgIpc) is 2.53. The van der Waals surface area contributed by atoms with E-state index in [0.29, 0.717) is 11.5 Å². The predicted octanol–water partition coefficient (Wildman–Crippen LogP) is 6.03. The van der Waals surface area contributed by atoms with Crippen LogP contribution in [0.2, 0.25) is 0 Å². The van der Waals surface area contributed by atoms with Crippen molar-refractivity contribution in [2.24, 2.45) is 11.8 Å². The van der Waals surface area contributed by atoms with Gasteiger partial charge < -0.3 is 0 Å². The van der Waals surface area contributed by atoms with Crippen LogP contribution in [-0.4, -0.2) is 0 Å². The van der Waals surface area contributed by atoms with Gasteiger partial charge in [0.05, 0.1) is 0 Å². The number of allylic oxidation sites excluding steroid dienone is 4. The average molecular weight is 306 g/mol. The fourth-order valence-corrected chi connectivity index (χ4v) is 3.61. The van der Waals surface area contributed by atoms with Gasteiger partial charge in [0.1, 0.15) is 0 Å². The zero-order chi connectivity index (χ0) is 15.7. The highest BCUT2D eigenvalue weighted by atomic mass is 19.2. The molecule has 0 spiro atoms. The Morgan fingerprint density at radius 1 is 0.864 bits per heavy atom. The summed E-state index contributed by atoms with van der Waals surface area (Å²) >= 11 is 0. The molecule has 1 aromatic carbocycles. The molecule has 2 aliphatic rings. The fraction of sp³-hybridized carbons (Fsp3) is 0.474. The van der Waals surface area contributed by atoms with Gasteiger partial charge in [0.15, 0.2) is 17.5 Å². The maximum Gasteiger partial charge on any atom is 0.194 e. The first-order valence-corrected chi connectivity index (χ1v) is 8.09. The first kappa shape index (κ1) is 15.4. The van der Waals surface area contributed by atoms with Crippen molar-refractivity contribution in [1.29, 1.82) is 0 Å². The highest BCUT2D eigenvalue weighted by molar-refractivity contribution is 5.69.